The van der Waals surface area contributed by atoms with Crippen LogP contribution in [-0.4, -0.2) is 92.2 Å². The van der Waals surface area contributed by atoms with Crippen molar-refractivity contribution in [2.45, 2.75) is 89.6 Å². The van der Waals surface area contributed by atoms with E-state index < -0.39 is 59.7 Å². The molecule has 0 aliphatic heterocycles. The Hall–Kier alpha value is -6.30. The molecule has 0 saturated carbocycles. The first-order chi connectivity index (χ1) is 26.7. The van der Waals surface area contributed by atoms with Gasteiger partial charge in [0.2, 0.25) is 23.6 Å². The molecule has 0 spiro atoms. The third-order valence-corrected chi connectivity index (χ3v) is 8.99. The van der Waals surface area contributed by atoms with E-state index in [0.717, 1.165) is 22.0 Å². The number of amides is 5. The minimum absolute atomic E-state index is 0.0649. The zero-order valence-corrected chi connectivity index (χ0v) is 31.9. The minimum Gasteiger partial charge on any atom is -0.370 e. The molecular formula is C38H53N13O5. The zero-order chi connectivity index (χ0) is 40.8. The Kier molecular flexibility index (Phi) is 15.5. The topological polar surface area (TPSA) is 296 Å². The Balaban J connectivity index is 1.41. The number of nitrogens with one attached hydrogen (secondary N) is 5. The van der Waals surface area contributed by atoms with Crippen molar-refractivity contribution in [3.05, 3.63) is 83.8 Å². The number of hydrogen-bond acceptors (Lipinski definition) is 9. The standard InChI is InChI=1S/C38H53N13O5/c1-22(2)16-31(33(40)52)48-36(55)30(14-9-15-43-38(41)42)47-37(56)32-21-51(50-49-32)20-26(17-24-10-5-4-6-11-24)46-34(53)23(3)45-35(54)28(39)18-25-19-44-29-13-8-7-12-27(25)29/h4-8,10-13,19,21-23,26,28,30-31,44H,9,14-18,20,39H2,1-3H3,(H2,40,52)(H,45,54)(H,46,53)(H,47,56)(H,48,55)(H4,41,42,43)/t23-,26-,28-,30-,31-/m0/s1. The van der Waals surface area contributed by atoms with E-state index in [9.17, 15) is 24.0 Å². The maximum absolute atomic E-state index is 13.4. The summed E-state index contributed by atoms with van der Waals surface area (Å²) < 4.78 is 1.41. The highest BCUT2D eigenvalue weighted by Crippen LogP contribution is 2.19. The van der Waals surface area contributed by atoms with E-state index in [-0.39, 0.29) is 43.5 Å². The summed E-state index contributed by atoms with van der Waals surface area (Å²) in [6.07, 6.45) is 4.68. The van der Waals surface area contributed by atoms with Crippen LogP contribution in [-0.2, 0) is 38.6 Å². The van der Waals surface area contributed by atoms with Gasteiger partial charge in [0.25, 0.3) is 5.91 Å². The predicted octanol–water partition coefficient (Wildman–Crippen LogP) is -0.270. The minimum atomic E-state index is -1.08. The number of aromatic nitrogens is 4. The second kappa shape index (κ2) is 20.4. The van der Waals surface area contributed by atoms with Gasteiger partial charge in [0.15, 0.2) is 11.7 Å². The third kappa shape index (κ3) is 12.9. The number of primary amides is 1. The van der Waals surface area contributed by atoms with Crippen molar-refractivity contribution in [3.63, 3.8) is 0 Å². The van der Waals surface area contributed by atoms with E-state index in [1.807, 2.05) is 74.6 Å². The summed E-state index contributed by atoms with van der Waals surface area (Å²) in [6, 6.07) is 12.8. The molecule has 0 saturated heterocycles. The zero-order valence-electron chi connectivity index (χ0n) is 31.9. The van der Waals surface area contributed by atoms with Crippen LogP contribution in [0.15, 0.2) is 72.0 Å². The van der Waals surface area contributed by atoms with Crippen molar-refractivity contribution < 1.29 is 24.0 Å². The first-order valence-corrected chi connectivity index (χ1v) is 18.5. The van der Waals surface area contributed by atoms with Gasteiger partial charge in [0.05, 0.1) is 24.8 Å². The molecule has 4 rings (SSSR count). The van der Waals surface area contributed by atoms with Gasteiger partial charge in [-0.25, -0.2) is 4.68 Å². The number of H-pyrrole nitrogens is 1. The molecule has 0 aliphatic carbocycles. The SMILES string of the molecule is CC(C)C[C@H](NC(=O)[C@H](CCCN=C(N)N)NC(=O)c1cn(C[C@H](Cc2ccccc2)NC(=O)[C@H](C)NC(=O)[C@@H](N)Cc2c[nH]c3ccccc23)nn1)C(N)=O. The second-order valence-corrected chi connectivity index (χ2v) is 14.2. The van der Waals surface area contributed by atoms with Gasteiger partial charge in [0.1, 0.15) is 18.1 Å². The first kappa shape index (κ1) is 42.4. The molecule has 18 heteroatoms. The Morgan fingerprint density at radius 1 is 0.839 bits per heavy atom. The highest BCUT2D eigenvalue weighted by molar-refractivity contribution is 5.97. The Bertz CT molecular complexity index is 1970. The van der Waals surface area contributed by atoms with Crippen LogP contribution in [0.2, 0.25) is 0 Å². The number of benzene rings is 2. The highest BCUT2D eigenvalue weighted by atomic mass is 16.2. The number of carbonyl (C=O) groups is 5. The number of aliphatic imine (C=N–C) groups is 1. The molecule has 0 aliphatic rings. The average molecular weight is 772 g/mol. The van der Waals surface area contributed by atoms with Gasteiger partial charge >= 0.3 is 0 Å². The lowest BCUT2D eigenvalue weighted by Gasteiger charge is -2.23. The molecular weight excluding hydrogens is 719 g/mol. The Labute approximate surface area is 325 Å². The number of carbonyl (C=O) groups excluding carboxylic acids is 5. The van der Waals surface area contributed by atoms with Gasteiger partial charge in [-0.15, -0.1) is 5.10 Å². The summed E-state index contributed by atoms with van der Waals surface area (Å²) >= 11 is 0. The van der Waals surface area contributed by atoms with E-state index in [1.165, 1.54) is 10.9 Å². The molecule has 2 heterocycles. The van der Waals surface area contributed by atoms with Crippen LogP contribution in [0.3, 0.4) is 0 Å². The van der Waals surface area contributed by atoms with Crippen LogP contribution >= 0.6 is 0 Å². The molecule has 0 unspecified atom stereocenters. The number of guanidine groups is 1. The maximum atomic E-state index is 13.4. The quantitative estimate of drug-likeness (QED) is 0.0304. The summed E-state index contributed by atoms with van der Waals surface area (Å²) in [5.74, 6) is -2.96. The van der Waals surface area contributed by atoms with Crippen LogP contribution in [0.4, 0.5) is 0 Å². The van der Waals surface area contributed by atoms with Crippen molar-refractivity contribution in [1.82, 2.24) is 41.2 Å². The average Bonchev–Trinajstić information content (AvgIpc) is 3.79. The molecule has 2 aromatic carbocycles. The van der Waals surface area contributed by atoms with E-state index >= 15 is 0 Å². The summed E-state index contributed by atoms with van der Waals surface area (Å²) in [6.45, 7) is 5.66. The summed E-state index contributed by atoms with van der Waals surface area (Å²) in [5, 5.41) is 20.1. The van der Waals surface area contributed by atoms with Gasteiger partial charge in [-0.3, -0.25) is 29.0 Å². The van der Waals surface area contributed by atoms with Crippen molar-refractivity contribution in [3.8, 4) is 0 Å². The molecule has 18 nitrogen and oxygen atoms in total. The number of fused-ring (bicyclic) bond motifs is 1. The van der Waals surface area contributed by atoms with E-state index in [2.05, 4.69) is 41.6 Å². The molecule has 0 radical (unpaired) electrons. The second-order valence-electron chi connectivity index (χ2n) is 14.2. The van der Waals surface area contributed by atoms with Crippen molar-refractivity contribution in [2.24, 2.45) is 33.8 Å². The summed E-state index contributed by atoms with van der Waals surface area (Å²) in [7, 11) is 0. The highest BCUT2D eigenvalue weighted by Gasteiger charge is 2.28. The molecule has 300 valence electrons. The molecule has 56 heavy (non-hydrogen) atoms. The normalized spacial score (nSPS) is 13.9. The molecule has 5 amide bonds. The van der Waals surface area contributed by atoms with Crippen molar-refractivity contribution in [2.75, 3.05) is 6.54 Å². The van der Waals surface area contributed by atoms with Gasteiger partial charge in [-0.2, -0.15) is 0 Å². The van der Waals surface area contributed by atoms with Crippen LogP contribution in [0.25, 0.3) is 10.9 Å². The van der Waals surface area contributed by atoms with Gasteiger partial charge in [-0.05, 0) is 62.1 Å². The predicted molar refractivity (Wildman–Crippen MR) is 211 cm³/mol. The van der Waals surface area contributed by atoms with Gasteiger partial charge in [-0.1, -0.05) is 67.6 Å². The monoisotopic (exact) mass is 771 g/mol. The lowest BCUT2D eigenvalue weighted by atomic mass is 10.0. The Morgan fingerprint density at radius 2 is 1.55 bits per heavy atom. The first-order valence-electron chi connectivity index (χ1n) is 18.5. The van der Waals surface area contributed by atoms with Crippen molar-refractivity contribution >= 4 is 46.4 Å². The van der Waals surface area contributed by atoms with Gasteiger partial charge < -0.3 is 49.2 Å². The van der Waals surface area contributed by atoms with E-state index in [4.69, 9.17) is 22.9 Å². The fourth-order valence-electron chi connectivity index (χ4n) is 6.11. The maximum Gasteiger partial charge on any atom is 0.274 e. The number of aromatic amines is 1. The number of para-hydroxylation sites is 1. The van der Waals surface area contributed by atoms with Crippen LogP contribution < -0.4 is 44.2 Å². The van der Waals surface area contributed by atoms with Gasteiger partial charge in [0, 0.05) is 23.6 Å². The summed E-state index contributed by atoms with van der Waals surface area (Å²) in [5.41, 5.74) is 25.3. The molecule has 5 atom stereocenters. The number of hydrogen-bond donors (Lipinski definition) is 9. The van der Waals surface area contributed by atoms with Crippen LogP contribution in [0.5, 0.6) is 0 Å². The number of nitrogens with two attached hydrogens (primary N) is 4. The van der Waals surface area contributed by atoms with Crippen LogP contribution in [0.1, 0.15) is 61.6 Å². The lowest BCUT2D eigenvalue weighted by molar-refractivity contribution is -0.129. The van der Waals surface area contributed by atoms with E-state index in [0.29, 0.717) is 19.3 Å². The van der Waals surface area contributed by atoms with E-state index in [1.54, 1.807) is 6.92 Å². The smallest absolute Gasteiger partial charge is 0.274 e. The largest absolute Gasteiger partial charge is 0.370 e. The molecule has 2 aromatic heterocycles. The third-order valence-electron chi connectivity index (χ3n) is 8.99. The molecule has 13 N–H and O–H groups in total. The Morgan fingerprint density at radius 3 is 2.25 bits per heavy atom. The summed E-state index contributed by atoms with van der Waals surface area (Å²) in [4.78, 5) is 72.3. The lowest BCUT2D eigenvalue weighted by Crippen LogP contribution is -2.53. The van der Waals surface area contributed by atoms with Crippen LogP contribution in [0, 0.1) is 5.92 Å². The molecule has 0 bridgehead atoms. The fraction of sp³-hybridized carbons (Fsp3) is 0.421. The van der Waals surface area contributed by atoms with Crippen molar-refractivity contribution in [1.29, 1.82) is 0 Å². The number of nitrogens with zero attached hydrogens (tertiary/aromatic N) is 4. The molecule has 4 aromatic rings. The molecule has 0 fully saturated rings. The fourth-order valence-corrected chi connectivity index (χ4v) is 6.11. The number of rotatable bonds is 21.